The van der Waals surface area contributed by atoms with Gasteiger partial charge in [0.25, 0.3) is 0 Å². The molecule has 1 fully saturated rings. The van der Waals surface area contributed by atoms with Gasteiger partial charge in [-0.05, 0) is 62.6 Å². The first-order chi connectivity index (χ1) is 14.7. The number of pyridine rings is 1. The zero-order chi connectivity index (χ0) is 21.2. The highest BCUT2D eigenvalue weighted by Gasteiger charge is 2.25. The van der Waals surface area contributed by atoms with Crippen LogP contribution in [0.15, 0.2) is 47.6 Å². The molecule has 0 bridgehead atoms. The second-order valence-electron chi connectivity index (χ2n) is 7.15. The summed E-state index contributed by atoms with van der Waals surface area (Å²) in [4.78, 5) is 10.8. The van der Waals surface area contributed by atoms with E-state index in [9.17, 15) is 8.78 Å². The van der Waals surface area contributed by atoms with E-state index in [0.717, 1.165) is 38.3 Å². The van der Waals surface area contributed by atoms with Crippen LogP contribution in [0.2, 0.25) is 0 Å². The molecule has 0 spiro atoms. The van der Waals surface area contributed by atoms with Crippen LogP contribution in [-0.2, 0) is 0 Å². The molecule has 0 aliphatic carbocycles. The number of aromatic nitrogens is 1. The van der Waals surface area contributed by atoms with Crippen LogP contribution in [0.3, 0.4) is 0 Å². The highest BCUT2D eigenvalue weighted by atomic mass is 127. The number of ether oxygens (including phenoxy) is 1. The lowest BCUT2D eigenvalue weighted by atomic mass is 10.3. The Morgan fingerprint density at radius 3 is 2.77 bits per heavy atom. The molecule has 1 aromatic heterocycles. The van der Waals surface area contributed by atoms with Crippen molar-refractivity contribution in [3.05, 3.63) is 54.2 Å². The SMILES string of the molecule is CCNC(=NCCCCOc1ccc(F)cc1)NC1CCN(c2ncccc2F)C1.I. The zero-order valence-corrected chi connectivity index (χ0v) is 20.0. The number of unbranched alkanes of at least 4 members (excludes halogenated alkanes) is 1. The summed E-state index contributed by atoms with van der Waals surface area (Å²) < 4.78 is 32.4. The van der Waals surface area contributed by atoms with Gasteiger partial charge >= 0.3 is 0 Å². The average Bonchev–Trinajstić information content (AvgIpc) is 3.20. The van der Waals surface area contributed by atoms with Crippen LogP contribution in [0.4, 0.5) is 14.6 Å². The first kappa shape index (κ1) is 25.1. The van der Waals surface area contributed by atoms with Gasteiger partial charge in [0.2, 0.25) is 0 Å². The van der Waals surface area contributed by atoms with E-state index in [1.54, 1.807) is 24.4 Å². The van der Waals surface area contributed by atoms with Crippen LogP contribution in [-0.4, -0.2) is 49.8 Å². The number of anilines is 1. The van der Waals surface area contributed by atoms with E-state index in [1.807, 2.05) is 11.8 Å². The molecule has 6 nitrogen and oxygen atoms in total. The highest BCUT2D eigenvalue weighted by molar-refractivity contribution is 14.0. The van der Waals surface area contributed by atoms with Gasteiger partial charge in [-0.3, -0.25) is 4.99 Å². The Morgan fingerprint density at radius 1 is 1.23 bits per heavy atom. The summed E-state index contributed by atoms with van der Waals surface area (Å²) in [6.45, 7) is 5.48. The predicted octanol–water partition coefficient (Wildman–Crippen LogP) is 3.97. The number of rotatable bonds is 9. The zero-order valence-electron chi connectivity index (χ0n) is 17.7. The molecular formula is C22H30F2IN5O. The van der Waals surface area contributed by atoms with Gasteiger partial charge < -0.3 is 20.3 Å². The Balaban J connectivity index is 0.00000341. The fraction of sp³-hybridized carbons (Fsp3) is 0.455. The standard InChI is InChI=1S/C22H29F2N5O.HI/c1-2-25-22(27-12-3-4-15-30-19-9-7-17(23)8-10-19)28-18-11-14-29(16-18)21-20(24)6-5-13-26-21;/h5-10,13,18H,2-4,11-12,14-16H2,1H3,(H2,25,27,28);1H. The summed E-state index contributed by atoms with van der Waals surface area (Å²) in [5.41, 5.74) is 0. The molecule has 31 heavy (non-hydrogen) atoms. The fourth-order valence-electron chi connectivity index (χ4n) is 3.32. The van der Waals surface area contributed by atoms with E-state index >= 15 is 0 Å². The summed E-state index contributed by atoms with van der Waals surface area (Å²) in [6, 6.07) is 9.26. The van der Waals surface area contributed by atoms with Crippen LogP contribution < -0.4 is 20.3 Å². The van der Waals surface area contributed by atoms with E-state index < -0.39 is 0 Å². The van der Waals surface area contributed by atoms with Crippen molar-refractivity contribution in [2.45, 2.75) is 32.2 Å². The minimum Gasteiger partial charge on any atom is -0.494 e. The van der Waals surface area contributed by atoms with Gasteiger partial charge in [-0.15, -0.1) is 24.0 Å². The molecule has 2 aromatic rings. The highest BCUT2D eigenvalue weighted by Crippen LogP contribution is 2.20. The lowest BCUT2D eigenvalue weighted by Gasteiger charge is -2.20. The molecule has 1 aliphatic heterocycles. The van der Waals surface area contributed by atoms with Crippen LogP contribution in [0.25, 0.3) is 0 Å². The third-order valence-electron chi connectivity index (χ3n) is 4.82. The number of halogens is 3. The molecule has 1 atom stereocenters. The Labute approximate surface area is 199 Å². The molecule has 1 aromatic carbocycles. The molecule has 0 radical (unpaired) electrons. The minimum absolute atomic E-state index is 0. The molecule has 0 amide bonds. The fourth-order valence-corrected chi connectivity index (χ4v) is 3.32. The monoisotopic (exact) mass is 545 g/mol. The number of nitrogens with zero attached hydrogens (tertiary/aromatic N) is 3. The molecule has 1 aliphatic rings. The molecule has 0 saturated carbocycles. The van der Waals surface area contributed by atoms with Gasteiger partial charge in [0, 0.05) is 38.4 Å². The van der Waals surface area contributed by atoms with Crippen molar-refractivity contribution in [1.29, 1.82) is 0 Å². The van der Waals surface area contributed by atoms with E-state index in [2.05, 4.69) is 20.6 Å². The third-order valence-corrected chi connectivity index (χ3v) is 4.82. The maximum absolute atomic E-state index is 14.0. The molecule has 170 valence electrons. The van der Waals surface area contributed by atoms with Crippen molar-refractivity contribution in [3.8, 4) is 5.75 Å². The molecule has 3 rings (SSSR count). The van der Waals surface area contributed by atoms with Gasteiger partial charge in [-0.25, -0.2) is 13.8 Å². The minimum atomic E-state index is -0.290. The van der Waals surface area contributed by atoms with E-state index in [1.165, 1.54) is 18.2 Å². The largest absolute Gasteiger partial charge is 0.494 e. The number of hydrogen-bond donors (Lipinski definition) is 2. The molecule has 2 heterocycles. The maximum Gasteiger partial charge on any atom is 0.191 e. The van der Waals surface area contributed by atoms with Gasteiger partial charge in [0.15, 0.2) is 17.6 Å². The number of benzene rings is 1. The summed E-state index contributed by atoms with van der Waals surface area (Å²) >= 11 is 0. The first-order valence-corrected chi connectivity index (χ1v) is 10.4. The van der Waals surface area contributed by atoms with Crippen molar-refractivity contribution < 1.29 is 13.5 Å². The topological polar surface area (TPSA) is 61.8 Å². The second kappa shape index (κ2) is 13.3. The molecule has 1 unspecified atom stereocenters. The number of guanidine groups is 1. The Hall–Kier alpha value is -2.17. The second-order valence-corrected chi connectivity index (χ2v) is 7.15. The first-order valence-electron chi connectivity index (χ1n) is 10.4. The average molecular weight is 545 g/mol. The number of nitrogens with one attached hydrogen (secondary N) is 2. The van der Waals surface area contributed by atoms with Crippen LogP contribution in [0.1, 0.15) is 26.2 Å². The van der Waals surface area contributed by atoms with Gasteiger partial charge in [-0.1, -0.05) is 0 Å². The normalized spacial score (nSPS) is 16.0. The quantitative estimate of drug-likeness (QED) is 0.216. The Morgan fingerprint density at radius 2 is 2.03 bits per heavy atom. The summed E-state index contributed by atoms with van der Waals surface area (Å²) in [5.74, 6) is 1.29. The molecule has 2 N–H and O–H groups in total. The molecule has 1 saturated heterocycles. The van der Waals surface area contributed by atoms with Gasteiger partial charge in [-0.2, -0.15) is 0 Å². The Kier molecular flexibility index (Phi) is 10.8. The third kappa shape index (κ3) is 8.12. The number of aliphatic imine (C=N–C) groups is 1. The molecule has 9 heteroatoms. The van der Waals surface area contributed by atoms with Gasteiger partial charge in [0.05, 0.1) is 6.61 Å². The van der Waals surface area contributed by atoms with Crippen LogP contribution in [0, 0.1) is 11.6 Å². The predicted molar refractivity (Wildman–Crippen MR) is 130 cm³/mol. The summed E-state index contributed by atoms with van der Waals surface area (Å²) in [5, 5.41) is 6.70. The van der Waals surface area contributed by atoms with E-state index in [4.69, 9.17) is 4.74 Å². The van der Waals surface area contributed by atoms with Crippen molar-refractivity contribution in [3.63, 3.8) is 0 Å². The van der Waals surface area contributed by atoms with Crippen molar-refractivity contribution in [2.24, 2.45) is 4.99 Å². The van der Waals surface area contributed by atoms with Crippen molar-refractivity contribution >= 4 is 35.8 Å². The molecular weight excluding hydrogens is 515 g/mol. The lowest BCUT2D eigenvalue weighted by molar-refractivity contribution is 0.307. The van der Waals surface area contributed by atoms with Crippen molar-refractivity contribution in [2.75, 3.05) is 37.7 Å². The van der Waals surface area contributed by atoms with Crippen molar-refractivity contribution in [1.82, 2.24) is 15.6 Å². The van der Waals surface area contributed by atoms with Crippen LogP contribution in [0.5, 0.6) is 5.75 Å². The summed E-state index contributed by atoms with van der Waals surface area (Å²) in [7, 11) is 0. The van der Waals surface area contributed by atoms with E-state index in [0.29, 0.717) is 31.3 Å². The smallest absolute Gasteiger partial charge is 0.191 e. The van der Waals surface area contributed by atoms with E-state index in [-0.39, 0.29) is 41.7 Å². The maximum atomic E-state index is 14.0. The summed E-state index contributed by atoms with van der Waals surface area (Å²) in [6.07, 6.45) is 4.25. The van der Waals surface area contributed by atoms with Crippen LogP contribution >= 0.6 is 24.0 Å². The number of hydrogen-bond acceptors (Lipinski definition) is 4. The Bertz CT molecular complexity index is 822. The lowest BCUT2D eigenvalue weighted by Crippen LogP contribution is -2.44. The van der Waals surface area contributed by atoms with Gasteiger partial charge in [0.1, 0.15) is 11.6 Å².